The Hall–Kier alpha value is -2.08. The number of hydrogen-bond donors (Lipinski definition) is 2. The van der Waals surface area contributed by atoms with Gasteiger partial charge >= 0.3 is 0 Å². The van der Waals surface area contributed by atoms with Crippen molar-refractivity contribution in [1.29, 1.82) is 0 Å². The third kappa shape index (κ3) is 2.91. The molecule has 0 bridgehead atoms. The highest BCUT2D eigenvalue weighted by Gasteiger charge is 2.17. The minimum Gasteiger partial charge on any atom is -0.481 e. The summed E-state index contributed by atoms with van der Waals surface area (Å²) in [7, 11) is 1.62. The lowest BCUT2D eigenvalue weighted by Gasteiger charge is -2.25. The number of nitrogens with zero attached hydrogens (tertiary/aromatic N) is 3. The van der Waals surface area contributed by atoms with E-state index in [-0.39, 0.29) is 0 Å². The average Bonchev–Trinajstić information content (AvgIpc) is 2.95. The molecular weight excluding hydrogens is 254 g/mol. The molecule has 3 rings (SSSR count). The number of hydrogen-bond acceptors (Lipinski definition) is 5. The Morgan fingerprint density at radius 1 is 1.45 bits per heavy atom. The van der Waals surface area contributed by atoms with Crippen LogP contribution >= 0.6 is 0 Å². The van der Waals surface area contributed by atoms with Crippen LogP contribution in [0.1, 0.15) is 5.56 Å². The van der Waals surface area contributed by atoms with E-state index in [4.69, 9.17) is 4.74 Å². The molecule has 0 radical (unpaired) electrons. The van der Waals surface area contributed by atoms with Crippen molar-refractivity contribution in [1.82, 2.24) is 20.1 Å². The van der Waals surface area contributed by atoms with E-state index in [1.54, 1.807) is 7.11 Å². The monoisotopic (exact) mass is 273 g/mol. The first-order valence-electron chi connectivity index (χ1n) is 6.80. The zero-order valence-corrected chi connectivity index (χ0v) is 11.5. The van der Waals surface area contributed by atoms with Crippen LogP contribution in [0, 0.1) is 5.92 Å². The lowest BCUT2D eigenvalue weighted by Crippen LogP contribution is -2.35. The zero-order chi connectivity index (χ0) is 13.8. The van der Waals surface area contributed by atoms with Gasteiger partial charge in [-0.1, -0.05) is 6.07 Å². The minimum absolute atomic E-state index is 0.550. The van der Waals surface area contributed by atoms with Gasteiger partial charge in [0.15, 0.2) is 0 Å². The van der Waals surface area contributed by atoms with Crippen LogP contribution in [-0.4, -0.2) is 35.0 Å². The first-order chi connectivity index (χ1) is 9.85. The quantitative estimate of drug-likeness (QED) is 0.854. The Balaban J connectivity index is 1.46. The largest absolute Gasteiger partial charge is 0.481 e. The molecule has 2 N–H and O–H groups in total. The lowest BCUT2D eigenvalue weighted by atomic mass is 10.1. The van der Waals surface area contributed by atoms with Gasteiger partial charge in [0.25, 0.3) is 0 Å². The number of rotatable bonds is 5. The van der Waals surface area contributed by atoms with Gasteiger partial charge in [-0.15, -0.1) is 0 Å². The molecule has 0 saturated carbocycles. The van der Waals surface area contributed by atoms with Gasteiger partial charge in [0.2, 0.25) is 5.88 Å². The first kappa shape index (κ1) is 12.9. The third-order valence-corrected chi connectivity index (χ3v) is 3.49. The average molecular weight is 273 g/mol. The summed E-state index contributed by atoms with van der Waals surface area (Å²) in [5.41, 5.74) is 1.16. The summed E-state index contributed by atoms with van der Waals surface area (Å²) in [6.07, 6.45) is 3.68. The van der Waals surface area contributed by atoms with Crippen molar-refractivity contribution in [3.8, 4) is 5.88 Å². The summed E-state index contributed by atoms with van der Waals surface area (Å²) in [5.74, 6) is 2.31. The van der Waals surface area contributed by atoms with Gasteiger partial charge in [-0.05, 0) is 5.56 Å². The molecule has 0 unspecified atom stereocenters. The van der Waals surface area contributed by atoms with Crippen LogP contribution in [0.2, 0.25) is 0 Å². The number of methoxy groups -OCH3 is 1. The minimum atomic E-state index is 0.550. The first-order valence-corrected chi connectivity index (χ1v) is 6.80. The summed E-state index contributed by atoms with van der Waals surface area (Å²) in [6.45, 7) is 3.72. The van der Waals surface area contributed by atoms with E-state index in [0.717, 1.165) is 37.6 Å². The van der Waals surface area contributed by atoms with E-state index >= 15 is 0 Å². The molecule has 3 heterocycles. The number of anilines is 1. The molecule has 1 aliphatic rings. The second-order valence-corrected chi connectivity index (χ2v) is 4.99. The molecule has 0 fully saturated rings. The standard InChI is InChI=1S/C14H19N5O/c1-20-14-3-2-11(8-17-14)6-15-7-12-9-16-13-4-5-18-19(13)10-12/h2-5,8,12,15-16H,6-7,9-10H2,1H3/t12-/m0/s1. The number of ether oxygens (including phenoxy) is 1. The molecule has 0 amide bonds. The summed E-state index contributed by atoms with van der Waals surface area (Å²) in [6, 6.07) is 5.92. The van der Waals surface area contributed by atoms with Crippen molar-refractivity contribution < 1.29 is 4.74 Å². The maximum absolute atomic E-state index is 5.04. The van der Waals surface area contributed by atoms with Crippen molar-refractivity contribution in [3.05, 3.63) is 36.2 Å². The predicted octanol–water partition coefficient (Wildman–Crippen LogP) is 1.12. The second-order valence-electron chi connectivity index (χ2n) is 4.99. The second kappa shape index (κ2) is 5.92. The van der Waals surface area contributed by atoms with Gasteiger partial charge in [0.1, 0.15) is 5.82 Å². The summed E-state index contributed by atoms with van der Waals surface area (Å²) < 4.78 is 7.06. The van der Waals surface area contributed by atoms with Crippen LogP contribution < -0.4 is 15.4 Å². The Morgan fingerprint density at radius 2 is 2.40 bits per heavy atom. The van der Waals surface area contributed by atoms with Crippen molar-refractivity contribution >= 4 is 5.82 Å². The van der Waals surface area contributed by atoms with Gasteiger partial charge in [-0.25, -0.2) is 9.67 Å². The number of aromatic nitrogens is 3. The van der Waals surface area contributed by atoms with E-state index in [9.17, 15) is 0 Å². The van der Waals surface area contributed by atoms with Crippen molar-refractivity contribution in [3.63, 3.8) is 0 Å². The molecule has 6 nitrogen and oxygen atoms in total. The van der Waals surface area contributed by atoms with E-state index in [2.05, 4.69) is 20.7 Å². The lowest BCUT2D eigenvalue weighted by molar-refractivity contribution is 0.390. The van der Waals surface area contributed by atoms with Gasteiger partial charge in [-0.3, -0.25) is 0 Å². The highest BCUT2D eigenvalue weighted by molar-refractivity contribution is 5.35. The molecule has 106 valence electrons. The van der Waals surface area contributed by atoms with Gasteiger partial charge < -0.3 is 15.4 Å². The molecule has 0 aliphatic carbocycles. The van der Waals surface area contributed by atoms with Crippen LogP contribution in [-0.2, 0) is 13.1 Å². The Labute approximate surface area is 118 Å². The van der Waals surface area contributed by atoms with E-state index in [1.807, 2.05) is 35.3 Å². The highest BCUT2D eigenvalue weighted by Crippen LogP contribution is 2.15. The molecule has 6 heteroatoms. The van der Waals surface area contributed by atoms with Crippen molar-refractivity contribution in [2.75, 3.05) is 25.5 Å². The molecule has 0 spiro atoms. The van der Waals surface area contributed by atoms with Crippen LogP contribution in [0.4, 0.5) is 5.82 Å². The van der Waals surface area contributed by atoms with Crippen LogP contribution in [0.5, 0.6) is 5.88 Å². The van der Waals surface area contributed by atoms with E-state index in [1.165, 1.54) is 0 Å². The fourth-order valence-electron chi connectivity index (χ4n) is 2.38. The highest BCUT2D eigenvalue weighted by atomic mass is 16.5. The summed E-state index contributed by atoms with van der Waals surface area (Å²) in [5, 5.41) is 11.2. The molecule has 20 heavy (non-hydrogen) atoms. The molecule has 0 saturated heterocycles. The van der Waals surface area contributed by atoms with Crippen molar-refractivity contribution in [2.24, 2.45) is 5.92 Å². The van der Waals surface area contributed by atoms with Crippen LogP contribution in [0.15, 0.2) is 30.6 Å². The predicted molar refractivity (Wildman–Crippen MR) is 76.7 cm³/mol. The van der Waals surface area contributed by atoms with Crippen LogP contribution in [0.25, 0.3) is 0 Å². The Kier molecular flexibility index (Phi) is 3.83. The van der Waals surface area contributed by atoms with E-state index in [0.29, 0.717) is 11.8 Å². The Bertz CT molecular complexity index is 551. The van der Waals surface area contributed by atoms with E-state index < -0.39 is 0 Å². The fourth-order valence-corrected chi connectivity index (χ4v) is 2.38. The fraction of sp³-hybridized carbons (Fsp3) is 0.429. The number of fused-ring (bicyclic) bond motifs is 1. The normalized spacial score (nSPS) is 17.4. The smallest absolute Gasteiger partial charge is 0.212 e. The molecule has 1 atom stereocenters. The summed E-state index contributed by atoms with van der Waals surface area (Å²) >= 11 is 0. The topological polar surface area (TPSA) is 64.0 Å². The number of nitrogens with one attached hydrogen (secondary N) is 2. The molecule has 2 aromatic heterocycles. The van der Waals surface area contributed by atoms with Gasteiger partial charge in [0.05, 0.1) is 13.3 Å². The third-order valence-electron chi connectivity index (χ3n) is 3.49. The Morgan fingerprint density at radius 3 is 3.20 bits per heavy atom. The number of pyridine rings is 1. The molecule has 1 aliphatic heterocycles. The zero-order valence-electron chi connectivity index (χ0n) is 11.5. The maximum atomic E-state index is 5.04. The maximum Gasteiger partial charge on any atom is 0.212 e. The molecular formula is C14H19N5O. The van der Waals surface area contributed by atoms with Gasteiger partial charge in [-0.2, -0.15) is 5.10 Å². The van der Waals surface area contributed by atoms with Crippen molar-refractivity contribution in [2.45, 2.75) is 13.1 Å². The van der Waals surface area contributed by atoms with Gasteiger partial charge in [0, 0.05) is 50.4 Å². The SMILES string of the molecule is COc1ccc(CNC[C@H]2CNc3ccnn3C2)cn1. The summed E-state index contributed by atoms with van der Waals surface area (Å²) in [4.78, 5) is 4.20. The molecule has 2 aromatic rings. The van der Waals surface area contributed by atoms with Crippen LogP contribution in [0.3, 0.4) is 0 Å². The molecule has 0 aromatic carbocycles.